The van der Waals surface area contributed by atoms with E-state index in [9.17, 15) is 19.1 Å². The Morgan fingerprint density at radius 1 is 1.36 bits per heavy atom. The summed E-state index contributed by atoms with van der Waals surface area (Å²) in [6, 6.07) is 5.83. The van der Waals surface area contributed by atoms with E-state index in [4.69, 9.17) is 0 Å². The number of halogens is 1. The molecule has 2 aliphatic rings. The van der Waals surface area contributed by atoms with Crippen LogP contribution < -0.4 is 0 Å². The molecule has 1 amide bonds. The van der Waals surface area contributed by atoms with Gasteiger partial charge in [0.05, 0.1) is 5.92 Å². The van der Waals surface area contributed by atoms with Gasteiger partial charge in [-0.3, -0.25) is 9.69 Å². The third-order valence-corrected chi connectivity index (χ3v) is 5.12. The molecule has 1 N–H and O–H groups in total. The lowest BCUT2D eigenvalue weighted by Gasteiger charge is -2.36. The quantitative estimate of drug-likeness (QED) is 0.858. The lowest BCUT2D eigenvalue weighted by Crippen LogP contribution is -2.50. The molecule has 5 nitrogen and oxygen atoms in total. The van der Waals surface area contributed by atoms with E-state index in [-0.39, 0.29) is 23.7 Å². The fourth-order valence-corrected chi connectivity index (χ4v) is 3.66. The third kappa shape index (κ3) is 4.37. The van der Waals surface area contributed by atoms with Crippen LogP contribution in [0.4, 0.5) is 4.39 Å². The Morgan fingerprint density at radius 2 is 2.12 bits per heavy atom. The van der Waals surface area contributed by atoms with Gasteiger partial charge in [0.2, 0.25) is 5.91 Å². The van der Waals surface area contributed by atoms with Gasteiger partial charge in [-0.25, -0.2) is 9.18 Å². The highest BCUT2D eigenvalue weighted by Gasteiger charge is 2.41. The van der Waals surface area contributed by atoms with Crippen LogP contribution in [0.1, 0.15) is 38.2 Å². The summed E-state index contributed by atoms with van der Waals surface area (Å²) < 4.78 is 13.4. The average Bonchev–Trinajstić information content (AvgIpc) is 3.40. The first-order valence-electron chi connectivity index (χ1n) is 8.97. The van der Waals surface area contributed by atoms with Crippen molar-refractivity contribution in [3.05, 3.63) is 35.6 Å². The van der Waals surface area contributed by atoms with Gasteiger partial charge < -0.3 is 10.0 Å². The molecule has 136 valence electrons. The smallest absolute Gasteiger partial charge is 0.326 e. The Hall–Kier alpha value is -1.95. The highest BCUT2D eigenvalue weighted by Crippen LogP contribution is 2.32. The van der Waals surface area contributed by atoms with Crippen LogP contribution in [0.3, 0.4) is 0 Å². The van der Waals surface area contributed by atoms with Crippen LogP contribution >= 0.6 is 0 Å². The molecule has 0 bridgehead atoms. The predicted molar refractivity (Wildman–Crippen MR) is 91.4 cm³/mol. The molecule has 2 atom stereocenters. The van der Waals surface area contributed by atoms with Crippen LogP contribution in [0, 0.1) is 11.7 Å². The molecule has 2 unspecified atom stereocenters. The number of aliphatic carboxylic acids is 1. The first-order valence-corrected chi connectivity index (χ1v) is 8.97. The third-order valence-electron chi connectivity index (χ3n) is 5.12. The van der Waals surface area contributed by atoms with Crippen molar-refractivity contribution in [1.82, 2.24) is 9.80 Å². The van der Waals surface area contributed by atoms with E-state index >= 15 is 0 Å². The van der Waals surface area contributed by atoms with E-state index in [1.54, 1.807) is 17.9 Å². The number of rotatable bonds is 6. The maximum atomic E-state index is 13.4. The fraction of sp³-hybridized carbons (Fsp3) is 0.579. The van der Waals surface area contributed by atoms with Gasteiger partial charge in [0.15, 0.2) is 0 Å². The lowest BCUT2D eigenvalue weighted by molar-refractivity contribution is -0.152. The van der Waals surface area contributed by atoms with Crippen molar-refractivity contribution >= 4 is 11.9 Å². The van der Waals surface area contributed by atoms with E-state index in [0.717, 1.165) is 37.8 Å². The van der Waals surface area contributed by atoms with E-state index in [0.29, 0.717) is 13.1 Å². The molecule has 0 radical (unpaired) electrons. The van der Waals surface area contributed by atoms with Crippen molar-refractivity contribution in [3.63, 3.8) is 0 Å². The maximum Gasteiger partial charge on any atom is 0.326 e. The second kappa shape index (κ2) is 7.52. The summed E-state index contributed by atoms with van der Waals surface area (Å²) in [6.07, 6.45) is 3.46. The van der Waals surface area contributed by atoms with Crippen LogP contribution in [0.2, 0.25) is 0 Å². The van der Waals surface area contributed by atoms with Gasteiger partial charge in [-0.1, -0.05) is 12.1 Å². The van der Waals surface area contributed by atoms with E-state index in [1.807, 2.05) is 6.07 Å². The number of hydrogen-bond donors (Lipinski definition) is 1. The highest BCUT2D eigenvalue weighted by atomic mass is 19.1. The molecule has 0 spiro atoms. The van der Waals surface area contributed by atoms with E-state index in [2.05, 4.69) is 4.90 Å². The Morgan fingerprint density at radius 3 is 2.76 bits per heavy atom. The molecular formula is C19H25FN2O3. The summed E-state index contributed by atoms with van der Waals surface area (Å²) in [5, 5.41) is 9.31. The number of amides is 1. The Balaban J connectivity index is 1.65. The first kappa shape index (κ1) is 17.9. The summed E-state index contributed by atoms with van der Waals surface area (Å²) in [7, 11) is 0. The SMILES string of the molecule is CC(C(=O)O)N(C(=O)C1CCCN(Cc2cccc(F)c2)C1)C1CC1. The van der Waals surface area contributed by atoms with Crippen LogP contribution in [-0.4, -0.2) is 52.0 Å². The number of carbonyl (C=O) groups excluding carboxylic acids is 1. The number of carboxylic acids is 1. The largest absolute Gasteiger partial charge is 0.480 e. The second-order valence-corrected chi connectivity index (χ2v) is 7.20. The molecule has 1 aliphatic heterocycles. The van der Waals surface area contributed by atoms with Crippen LogP contribution in [0.15, 0.2) is 24.3 Å². The first-order chi connectivity index (χ1) is 12.0. The number of hydrogen-bond acceptors (Lipinski definition) is 3. The van der Waals surface area contributed by atoms with E-state index < -0.39 is 12.0 Å². The van der Waals surface area contributed by atoms with Crippen LogP contribution in [0.25, 0.3) is 0 Å². The van der Waals surface area contributed by atoms with Crippen molar-refractivity contribution in [1.29, 1.82) is 0 Å². The zero-order valence-electron chi connectivity index (χ0n) is 14.5. The molecular weight excluding hydrogens is 323 g/mol. The number of piperidine rings is 1. The molecule has 25 heavy (non-hydrogen) atoms. The van der Waals surface area contributed by atoms with Gasteiger partial charge in [0.1, 0.15) is 11.9 Å². The summed E-state index contributed by atoms with van der Waals surface area (Å²) in [6.45, 7) is 3.68. The van der Waals surface area contributed by atoms with Gasteiger partial charge >= 0.3 is 5.97 Å². The number of likely N-dealkylation sites (tertiary alicyclic amines) is 1. The number of carbonyl (C=O) groups is 2. The number of nitrogens with zero attached hydrogens (tertiary/aromatic N) is 2. The van der Waals surface area contributed by atoms with Crippen molar-refractivity contribution in [2.75, 3.05) is 13.1 Å². The minimum absolute atomic E-state index is 0.0404. The van der Waals surface area contributed by atoms with Gasteiger partial charge in [-0.2, -0.15) is 0 Å². The number of carboxylic acid groups (broad SMARTS) is 1. The maximum absolute atomic E-state index is 13.4. The molecule has 0 aromatic heterocycles. The Bertz CT molecular complexity index is 647. The molecule has 2 fully saturated rings. The van der Waals surface area contributed by atoms with E-state index in [1.165, 1.54) is 12.1 Å². The van der Waals surface area contributed by atoms with Crippen molar-refractivity contribution in [3.8, 4) is 0 Å². The fourth-order valence-electron chi connectivity index (χ4n) is 3.66. The molecule has 1 aromatic carbocycles. The van der Waals surface area contributed by atoms with Gasteiger partial charge in [0, 0.05) is 19.1 Å². The summed E-state index contributed by atoms with van der Waals surface area (Å²) in [4.78, 5) is 28.1. The second-order valence-electron chi connectivity index (χ2n) is 7.20. The summed E-state index contributed by atoms with van der Waals surface area (Å²) in [5.74, 6) is -1.42. The molecule has 1 aromatic rings. The average molecular weight is 348 g/mol. The van der Waals surface area contributed by atoms with Gasteiger partial charge in [-0.05, 0) is 56.8 Å². The van der Waals surface area contributed by atoms with Crippen LogP contribution in [-0.2, 0) is 16.1 Å². The minimum Gasteiger partial charge on any atom is -0.480 e. The van der Waals surface area contributed by atoms with Gasteiger partial charge in [-0.15, -0.1) is 0 Å². The molecule has 1 heterocycles. The standard InChI is InChI=1S/C19H25FN2O3/c1-13(19(24)25)22(17-7-8-17)18(23)15-5-3-9-21(12-15)11-14-4-2-6-16(20)10-14/h2,4,6,10,13,15,17H,3,5,7-9,11-12H2,1H3,(H,24,25). The number of benzene rings is 1. The Labute approximate surface area is 147 Å². The highest BCUT2D eigenvalue weighted by molar-refractivity contribution is 5.85. The summed E-state index contributed by atoms with van der Waals surface area (Å²) >= 11 is 0. The monoisotopic (exact) mass is 348 g/mol. The molecule has 6 heteroatoms. The molecule has 3 rings (SSSR count). The molecule has 1 saturated carbocycles. The minimum atomic E-state index is -0.951. The van der Waals surface area contributed by atoms with Crippen molar-refractivity contribution in [2.24, 2.45) is 5.92 Å². The summed E-state index contributed by atoms with van der Waals surface area (Å²) in [5.41, 5.74) is 0.894. The normalized spacial score (nSPS) is 22.4. The van der Waals surface area contributed by atoms with Crippen LogP contribution in [0.5, 0.6) is 0 Å². The zero-order valence-corrected chi connectivity index (χ0v) is 14.5. The molecule has 1 aliphatic carbocycles. The zero-order chi connectivity index (χ0) is 18.0. The van der Waals surface area contributed by atoms with Crippen molar-refractivity contribution in [2.45, 2.75) is 51.2 Å². The molecule has 1 saturated heterocycles. The van der Waals surface area contributed by atoms with Crippen molar-refractivity contribution < 1.29 is 19.1 Å². The Kier molecular flexibility index (Phi) is 5.37. The predicted octanol–water partition coefficient (Wildman–Crippen LogP) is 2.50. The lowest BCUT2D eigenvalue weighted by atomic mass is 9.95. The van der Waals surface area contributed by atoms with Gasteiger partial charge in [0.25, 0.3) is 0 Å². The topological polar surface area (TPSA) is 60.9 Å².